The van der Waals surface area contributed by atoms with Crippen LogP contribution in [0, 0.1) is 0 Å². The second-order valence-electron chi connectivity index (χ2n) is 11.6. The van der Waals surface area contributed by atoms with E-state index >= 15 is 0 Å². The zero-order chi connectivity index (χ0) is 27.7. The Kier molecular flexibility index (Phi) is 5.39. The quantitative estimate of drug-likeness (QED) is 0.193. The Morgan fingerprint density at radius 3 is 2.00 bits per heavy atom. The van der Waals surface area contributed by atoms with Gasteiger partial charge < -0.3 is 4.57 Å². The van der Waals surface area contributed by atoms with Gasteiger partial charge in [0.2, 0.25) is 0 Å². The van der Waals surface area contributed by atoms with Gasteiger partial charge in [-0.2, -0.15) is 0 Å². The lowest BCUT2D eigenvalue weighted by molar-refractivity contribution is 0.660. The molecule has 0 bridgehead atoms. The molecule has 0 N–H and O–H groups in total. The first-order valence-corrected chi connectivity index (χ1v) is 14.9. The highest BCUT2D eigenvalue weighted by molar-refractivity contribution is 9.10. The minimum Gasteiger partial charge on any atom is -0.309 e. The summed E-state index contributed by atoms with van der Waals surface area (Å²) in [6.45, 7) is 4.70. The minimum atomic E-state index is -0.0423. The molecule has 196 valence electrons. The number of hydrogen-bond acceptors (Lipinski definition) is 0. The maximum atomic E-state index is 3.56. The van der Waals surface area contributed by atoms with Crippen LogP contribution in [0.5, 0.6) is 0 Å². The maximum Gasteiger partial charge on any atom is 0.0547 e. The number of para-hydroxylation sites is 1. The van der Waals surface area contributed by atoms with E-state index in [0.717, 1.165) is 4.47 Å². The molecule has 1 aliphatic carbocycles. The third-order valence-electron chi connectivity index (χ3n) is 8.87. The highest BCUT2D eigenvalue weighted by Crippen LogP contribution is 2.49. The standard InChI is InChI=1S/C39H28BrN/c1-39(2)35-12-5-3-10-31(35)32-21-19-30(24-36(32)39)41-37-13-6-4-11-33(37)34-20-16-28(23-38(34)41)27-9-7-8-26(22-27)25-14-17-29(40)18-15-25/h3-24H,1-2H3. The molecule has 2 heteroatoms. The van der Waals surface area contributed by atoms with Crippen molar-refractivity contribution in [2.45, 2.75) is 19.3 Å². The van der Waals surface area contributed by atoms with Crippen LogP contribution >= 0.6 is 15.9 Å². The van der Waals surface area contributed by atoms with E-state index in [1.54, 1.807) is 0 Å². The molecule has 0 amide bonds. The van der Waals surface area contributed by atoms with Crippen molar-refractivity contribution in [3.8, 4) is 39.1 Å². The third-order valence-corrected chi connectivity index (χ3v) is 9.40. The Morgan fingerprint density at radius 2 is 1.15 bits per heavy atom. The van der Waals surface area contributed by atoms with Gasteiger partial charge in [0.15, 0.2) is 0 Å². The Bertz CT molecular complexity index is 2130. The van der Waals surface area contributed by atoms with E-state index in [1.165, 1.54) is 72.0 Å². The second kappa shape index (κ2) is 9.06. The van der Waals surface area contributed by atoms with Crippen LogP contribution in [0.1, 0.15) is 25.0 Å². The molecule has 1 heterocycles. The highest BCUT2D eigenvalue weighted by atomic mass is 79.9. The first-order valence-electron chi connectivity index (χ1n) is 14.1. The van der Waals surface area contributed by atoms with E-state index in [1.807, 2.05) is 0 Å². The van der Waals surface area contributed by atoms with Crippen LogP contribution in [0.15, 0.2) is 138 Å². The maximum absolute atomic E-state index is 3.56. The Labute approximate surface area is 248 Å². The van der Waals surface area contributed by atoms with Gasteiger partial charge >= 0.3 is 0 Å². The van der Waals surface area contributed by atoms with Crippen LogP contribution < -0.4 is 0 Å². The predicted molar refractivity (Wildman–Crippen MR) is 177 cm³/mol. The zero-order valence-corrected chi connectivity index (χ0v) is 24.6. The number of fused-ring (bicyclic) bond motifs is 6. The van der Waals surface area contributed by atoms with Crippen molar-refractivity contribution in [1.29, 1.82) is 0 Å². The van der Waals surface area contributed by atoms with E-state index in [-0.39, 0.29) is 5.41 Å². The molecule has 0 saturated carbocycles. The van der Waals surface area contributed by atoms with Crippen molar-refractivity contribution < 1.29 is 0 Å². The van der Waals surface area contributed by atoms with Gasteiger partial charge in [-0.1, -0.05) is 121 Å². The molecular weight excluding hydrogens is 562 g/mol. The summed E-state index contributed by atoms with van der Waals surface area (Å²) in [4.78, 5) is 0. The van der Waals surface area contributed by atoms with Gasteiger partial charge in [0, 0.05) is 26.3 Å². The van der Waals surface area contributed by atoms with Crippen molar-refractivity contribution in [3.63, 3.8) is 0 Å². The zero-order valence-electron chi connectivity index (χ0n) is 23.0. The average molecular weight is 591 g/mol. The lowest BCUT2D eigenvalue weighted by atomic mass is 9.82. The normalized spacial score (nSPS) is 13.4. The van der Waals surface area contributed by atoms with Crippen molar-refractivity contribution in [2.24, 2.45) is 0 Å². The molecule has 8 rings (SSSR count). The van der Waals surface area contributed by atoms with Crippen LogP contribution in [0.2, 0.25) is 0 Å². The summed E-state index contributed by atoms with van der Waals surface area (Å²) in [5.41, 5.74) is 14.0. The van der Waals surface area contributed by atoms with E-state index in [0.29, 0.717) is 0 Å². The van der Waals surface area contributed by atoms with Crippen LogP contribution in [-0.4, -0.2) is 4.57 Å². The fourth-order valence-corrected chi connectivity index (χ4v) is 7.04. The lowest BCUT2D eigenvalue weighted by Gasteiger charge is -2.22. The molecule has 1 nitrogen and oxygen atoms in total. The summed E-state index contributed by atoms with van der Waals surface area (Å²) < 4.78 is 3.54. The number of halogens is 1. The molecule has 0 fully saturated rings. The van der Waals surface area contributed by atoms with Gasteiger partial charge in [0.1, 0.15) is 0 Å². The van der Waals surface area contributed by atoms with Crippen molar-refractivity contribution >= 4 is 37.7 Å². The summed E-state index contributed by atoms with van der Waals surface area (Å²) in [6.07, 6.45) is 0. The van der Waals surface area contributed by atoms with Crippen LogP contribution in [-0.2, 0) is 5.41 Å². The molecule has 1 aromatic heterocycles. The lowest BCUT2D eigenvalue weighted by Crippen LogP contribution is -2.15. The Hall–Kier alpha value is -4.40. The predicted octanol–water partition coefficient (Wildman–Crippen LogP) is 11.2. The van der Waals surface area contributed by atoms with Crippen molar-refractivity contribution in [2.75, 3.05) is 0 Å². The third kappa shape index (κ3) is 3.74. The molecule has 7 aromatic rings. The number of benzene rings is 6. The summed E-state index contributed by atoms with van der Waals surface area (Å²) in [5.74, 6) is 0. The molecule has 0 unspecified atom stereocenters. The van der Waals surface area contributed by atoms with Crippen LogP contribution in [0.3, 0.4) is 0 Å². The molecule has 0 radical (unpaired) electrons. The Morgan fingerprint density at radius 1 is 0.488 bits per heavy atom. The largest absolute Gasteiger partial charge is 0.309 e. The SMILES string of the molecule is CC1(C)c2ccccc2-c2ccc(-n3c4ccccc4c4ccc(-c5cccc(-c6ccc(Br)cc6)c5)cc43)cc21. The smallest absolute Gasteiger partial charge is 0.0547 e. The van der Waals surface area contributed by atoms with Gasteiger partial charge in [-0.15, -0.1) is 0 Å². The first-order chi connectivity index (χ1) is 20.0. The number of nitrogens with zero attached hydrogens (tertiary/aromatic N) is 1. The van der Waals surface area contributed by atoms with E-state index in [9.17, 15) is 0 Å². The van der Waals surface area contributed by atoms with E-state index in [4.69, 9.17) is 0 Å². The fraction of sp³-hybridized carbons (Fsp3) is 0.0769. The minimum absolute atomic E-state index is 0.0423. The first kappa shape index (κ1) is 24.4. The van der Waals surface area contributed by atoms with Gasteiger partial charge in [-0.05, 0) is 87.0 Å². The second-order valence-corrected chi connectivity index (χ2v) is 12.5. The van der Waals surface area contributed by atoms with Gasteiger partial charge in [0.25, 0.3) is 0 Å². The Balaban J connectivity index is 1.32. The van der Waals surface area contributed by atoms with Crippen LogP contribution in [0.25, 0.3) is 60.9 Å². The molecule has 1 aliphatic rings. The summed E-state index contributed by atoms with van der Waals surface area (Å²) >= 11 is 3.56. The fourth-order valence-electron chi connectivity index (χ4n) is 6.78. The molecular formula is C39H28BrN. The molecule has 0 atom stereocenters. The topological polar surface area (TPSA) is 4.93 Å². The van der Waals surface area contributed by atoms with Crippen molar-refractivity contribution in [1.82, 2.24) is 4.57 Å². The number of aromatic nitrogens is 1. The molecule has 41 heavy (non-hydrogen) atoms. The summed E-state index contributed by atoms with van der Waals surface area (Å²) in [5, 5.41) is 2.55. The molecule has 0 aliphatic heterocycles. The molecule has 0 saturated heterocycles. The van der Waals surface area contributed by atoms with E-state index in [2.05, 4.69) is 168 Å². The van der Waals surface area contributed by atoms with Crippen molar-refractivity contribution in [3.05, 3.63) is 149 Å². The van der Waals surface area contributed by atoms with Gasteiger partial charge in [0.05, 0.1) is 11.0 Å². The number of rotatable bonds is 3. The number of hydrogen-bond donors (Lipinski definition) is 0. The monoisotopic (exact) mass is 589 g/mol. The average Bonchev–Trinajstić information content (AvgIpc) is 3.46. The molecule has 6 aromatic carbocycles. The summed E-state index contributed by atoms with van der Waals surface area (Å²) in [6, 6.07) is 49.0. The van der Waals surface area contributed by atoms with E-state index < -0.39 is 0 Å². The highest BCUT2D eigenvalue weighted by Gasteiger charge is 2.35. The van der Waals surface area contributed by atoms with Crippen LogP contribution in [0.4, 0.5) is 0 Å². The summed E-state index contributed by atoms with van der Waals surface area (Å²) in [7, 11) is 0. The van der Waals surface area contributed by atoms with Gasteiger partial charge in [-0.3, -0.25) is 0 Å². The van der Waals surface area contributed by atoms with Gasteiger partial charge in [-0.25, -0.2) is 0 Å². The molecule has 0 spiro atoms.